The van der Waals surface area contributed by atoms with E-state index in [0.717, 1.165) is 23.6 Å². The maximum atomic E-state index is 5.94. The third-order valence-corrected chi connectivity index (χ3v) is 13.1. The number of hydrogen-bond acceptors (Lipinski definition) is 7. The molecule has 24 heavy (non-hydrogen) atoms. The van der Waals surface area contributed by atoms with Crippen LogP contribution in [-0.2, 0) is 22.1 Å². The molecule has 0 bridgehead atoms. The van der Waals surface area contributed by atoms with Gasteiger partial charge in [0.2, 0.25) is 0 Å². The Morgan fingerprint density at radius 1 is 0.750 bits per heavy atom. The van der Waals surface area contributed by atoms with Crippen molar-refractivity contribution in [2.45, 2.75) is 47.1 Å². The summed E-state index contributed by atoms with van der Waals surface area (Å²) < 4.78 is 29.5. The lowest BCUT2D eigenvalue weighted by Gasteiger charge is -2.29. The molecule has 0 atom stereocenters. The van der Waals surface area contributed by atoms with Crippen molar-refractivity contribution in [3.05, 3.63) is 0 Å². The fourth-order valence-corrected chi connectivity index (χ4v) is 11.2. The molecule has 0 rings (SSSR count). The van der Waals surface area contributed by atoms with Crippen LogP contribution in [0, 0.1) is 0 Å². The standard InChI is InChI=1S/C15H36O5S2Si2/c1-6-16-23(14-21,17-7-2)15-22-12-11-13-24(18-8-3,19-9-4)20-10-5/h21H,6-15H2,1-5H3. The Kier molecular flexibility index (Phi) is 15.6. The molecular weight excluding hydrogens is 380 g/mol. The van der Waals surface area contributed by atoms with E-state index in [9.17, 15) is 0 Å². The van der Waals surface area contributed by atoms with Crippen LogP contribution in [0.3, 0.4) is 0 Å². The summed E-state index contributed by atoms with van der Waals surface area (Å²) in [4.78, 5) is 0. The second kappa shape index (κ2) is 15.0. The average molecular weight is 417 g/mol. The fraction of sp³-hybridized carbons (Fsp3) is 1.00. The quantitative estimate of drug-likeness (QED) is 0.222. The predicted octanol–water partition coefficient (Wildman–Crippen LogP) is 3.68. The Balaban J connectivity index is 4.40. The SMILES string of the molecule is CCO[Si](CS)(CSCCC[Si](OCC)(OCC)OCC)OCC. The molecule has 9 heteroatoms. The lowest BCUT2D eigenvalue weighted by molar-refractivity contribution is 0.0712. The lowest BCUT2D eigenvalue weighted by atomic mass is 10.6. The zero-order valence-electron chi connectivity index (χ0n) is 16.0. The van der Waals surface area contributed by atoms with Gasteiger partial charge in [0.05, 0.1) is 0 Å². The van der Waals surface area contributed by atoms with Crippen molar-refractivity contribution < 1.29 is 22.1 Å². The molecule has 0 spiro atoms. The van der Waals surface area contributed by atoms with Crippen LogP contribution in [0.5, 0.6) is 0 Å². The third kappa shape index (κ3) is 9.58. The van der Waals surface area contributed by atoms with Gasteiger partial charge in [-0.15, -0.1) is 0 Å². The highest BCUT2D eigenvalue weighted by atomic mass is 32.2. The third-order valence-electron chi connectivity index (χ3n) is 3.24. The summed E-state index contributed by atoms with van der Waals surface area (Å²) in [7, 11) is -4.68. The van der Waals surface area contributed by atoms with E-state index in [1.165, 1.54) is 0 Å². The summed E-state index contributed by atoms with van der Waals surface area (Å²) in [5, 5.41) is 1.60. The Hall–Kier alpha value is 0.934. The maximum Gasteiger partial charge on any atom is 0.500 e. The van der Waals surface area contributed by atoms with Crippen molar-refractivity contribution in [3.63, 3.8) is 0 Å². The number of thioether (sulfide) groups is 1. The molecule has 0 heterocycles. The van der Waals surface area contributed by atoms with Gasteiger partial charge in [0.15, 0.2) is 0 Å². The minimum atomic E-state index is -2.51. The molecule has 0 aliphatic carbocycles. The van der Waals surface area contributed by atoms with Crippen molar-refractivity contribution in [1.82, 2.24) is 0 Å². The molecule has 0 aromatic heterocycles. The van der Waals surface area contributed by atoms with Crippen LogP contribution in [0.1, 0.15) is 41.0 Å². The van der Waals surface area contributed by atoms with E-state index in [-0.39, 0.29) is 0 Å². The highest BCUT2D eigenvalue weighted by Crippen LogP contribution is 2.22. The van der Waals surface area contributed by atoms with E-state index in [1.807, 2.05) is 46.4 Å². The molecule has 0 fully saturated rings. The molecule has 0 aromatic rings. The number of hydrogen-bond donors (Lipinski definition) is 1. The minimum Gasteiger partial charge on any atom is -0.394 e. The van der Waals surface area contributed by atoms with Crippen LogP contribution in [0.25, 0.3) is 0 Å². The molecule has 0 saturated heterocycles. The largest absolute Gasteiger partial charge is 0.500 e. The van der Waals surface area contributed by atoms with E-state index < -0.39 is 17.4 Å². The van der Waals surface area contributed by atoms with Gasteiger partial charge in [-0.2, -0.15) is 24.4 Å². The molecule has 0 radical (unpaired) electrons. The topological polar surface area (TPSA) is 46.2 Å². The smallest absolute Gasteiger partial charge is 0.394 e. The molecular formula is C15H36O5S2Si2. The molecule has 5 nitrogen and oxygen atoms in total. The van der Waals surface area contributed by atoms with Gasteiger partial charge in [-0.1, -0.05) is 0 Å². The van der Waals surface area contributed by atoms with Gasteiger partial charge in [-0.05, 0) is 46.8 Å². The molecule has 0 unspecified atom stereocenters. The average Bonchev–Trinajstić information content (AvgIpc) is 2.55. The van der Waals surface area contributed by atoms with Gasteiger partial charge in [0.1, 0.15) is 0 Å². The summed E-state index contributed by atoms with van der Waals surface area (Å²) in [6.07, 6.45) is 1.01. The summed E-state index contributed by atoms with van der Waals surface area (Å²) in [6.45, 7) is 13.3. The van der Waals surface area contributed by atoms with Crippen molar-refractivity contribution in [2.75, 3.05) is 49.5 Å². The van der Waals surface area contributed by atoms with Gasteiger partial charge >= 0.3 is 17.4 Å². The van der Waals surface area contributed by atoms with Crippen LogP contribution in [0.2, 0.25) is 6.04 Å². The first-order valence-electron chi connectivity index (χ1n) is 8.95. The minimum absolute atomic E-state index is 0.629. The van der Waals surface area contributed by atoms with Gasteiger partial charge in [0.25, 0.3) is 0 Å². The Labute approximate surface area is 160 Å². The van der Waals surface area contributed by atoms with Gasteiger partial charge in [-0.3, -0.25) is 0 Å². The zero-order chi connectivity index (χ0) is 18.3. The maximum absolute atomic E-state index is 5.94. The summed E-state index contributed by atoms with van der Waals surface area (Å²) >= 11 is 6.35. The molecule has 0 saturated carbocycles. The monoisotopic (exact) mass is 416 g/mol. The number of rotatable bonds is 17. The normalized spacial score (nSPS) is 12.8. The highest BCUT2D eigenvalue weighted by molar-refractivity contribution is 8.01. The molecule has 0 aliphatic rings. The molecule has 0 aliphatic heterocycles. The second-order valence-electron chi connectivity index (χ2n) is 5.07. The molecule has 0 N–H and O–H groups in total. The Bertz CT molecular complexity index is 278. The van der Waals surface area contributed by atoms with E-state index in [4.69, 9.17) is 22.1 Å². The highest BCUT2D eigenvalue weighted by Gasteiger charge is 2.40. The molecule has 0 aromatic carbocycles. The molecule has 146 valence electrons. The second-order valence-corrected chi connectivity index (χ2v) is 13.4. The van der Waals surface area contributed by atoms with Crippen molar-refractivity contribution in [1.29, 1.82) is 0 Å². The van der Waals surface area contributed by atoms with Crippen LogP contribution in [0.15, 0.2) is 0 Å². The van der Waals surface area contributed by atoms with Gasteiger partial charge < -0.3 is 22.1 Å². The lowest BCUT2D eigenvalue weighted by Crippen LogP contribution is -2.48. The van der Waals surface area contributed by atoms with Gasteiger partial charge in [-0.25, -0.2) is 0 Å². The van der Waals surface area contributed by atoms with Gasteiger partial charge in [0, 0.05) is 49.8 Å². The van der Waals surface area contributed by atoms with Crippen molar-refractivity contribution in [3.8, 4) is 0 Å². The van der Waals surface area contributed by atoms with E-state index in [1.54, 1.807) is 0 Å². The summed E-state index contributed by atoms with van der Waals surface area (Å²) in [5.74, 6) is 1.02. The van der Waals surface area contributed by atoms with Crippen molar-refractivity contribution in [2.24, 2.45) is 0 Å². The first-order chi connectivity index (χ1) is 11.6. The number of thiol groups is 1. The van der Waals surface area contributed by atoms with Crippen molar-refractivity contribution >= 4 is 41.8 Å². The molecule has 0 amide bonds. The van der Waals surface area contributed by atoms with Crippen LogP contribution in [-0.4, -0.2) is 66.9 Å². The van der Waals surface area contributed by atoms with Crippen LogP contribution in [0.4, 0.5) is 0 Å². The zero-order valence-corrected chi connectivity index (χ0v) is 19.7. The fourth-order valence-electron chi connectivity index (χ4n) is 2.41. The van der Waals surface area contributed by atoms with Crippen LogP contribution >= 0.6 is 24.4 Å². The van der Waals surface area contributed by atoms with E-state index in [2.05, 4.69) is 12.6 Å². The summed E-state index contributed by atoms with van der Waals surface area (Å²) in [6, 6.07) is 0.855. The first-order valence-corrected chi connectivity index (χ1v) is 14.9. The Morgan fingerprint density at radius 3 is 1.58 bits per heavy atom. The summed E-state index contributed by atoms with van der Waals surface area (Å²) in [5.41, 5.74) is 0. The van der Waals surface area contributed by atoms with E-state index >= 15 is 0 Å². The van der Waals surface area contributed by atoms with Crippen LogP contribution < -0.4 is 0 Å². The van der Waals surface area contributed by atoms with E-state index in [0.29, 0.717) is 38.4 Å². The predicted molar refractivity (Wildman–Crippen MR) is 110 cm³/mol. The Morgan fingerprint density at radius 2 is 1.21 bits per heavy atom. The first kappa shape index (κ1) is 24.9.